The maximum atomic E-state index is 15.7. The van der Waals surface area contributed by atoms with Gasteiger partial charge in [0.1, 0.15) is 11.6 Å². The van der Waals surface area contributed by atoms with Gasteiger partial charge in [-0.25, -0.2) is 8.78 Å². The normalized spacial score (nSPS) is 13.3. The molecule has 11 heteroatoms. The summed E-state index contributed by atoms with van der Waals surface area (Å²) in [5.74, 6) is -4.34. The first-order chi connectivity index (χ1) is 21.3. The van der Waals surface area contributed by atoms with Crippen molar-refractivity contribution in [3.05, 3.63) is 91.9 Å². The first kappa shape index (κ1) is 36.6. The zero-order chi connectivity index (χ0) is 34.7. The zero-order valence-corrected chi connectivity index (χ0v) is 27.2. The van der Waals surface area contributed by atoms with Gasteiger partial charge in [-0.1, -0.05) is 13.8 Å². The van der Waals surface area contributed by atoms with E-state index in [-0.39, 0.29) is 42.0 Å². The lowest BCUT2D eigenvalue weighted by Crippen LogP contribution is -2.33. The molecule has 0 radical (unpaired) electrons. The third kappa shape index (κ3) is 8.90. The third-order valence-electron chi connectivity index (χ3n) is 8.08. The Bertz CT molecular complexity index is 1640. The molecule has 0 unspecified atom stereocenters. The summed E-state index contributed by atoms with van der Waals surface area (Å²) >= 11 is 0. The Balaban J connectivity index is 2.15. The van der Waals surface area contributed by atoms with Gasteiger partial charge in [0.15, 0.2) is 5.78 Å². The summed E-state index contributed by atoms with van der Waals surface area (Å²) in [5, 5.41) is 9.77. The third-order valence-corrected chi connectivity index (χ3v) is 8.08. The average molecular weight is 649 g/mol. The predicted molar refractivity (Wildman–Crippen MR) is 167 cm³/mol. The Morgan fingerprint density at radius 1 is 0.935 bits per heavy atom. The standard InChI is InChI=1S/C35H41F5N2O4/c1-19(2)10-29(42-18-23(8-9-41(6)7)28(17-31(42)44)35(38,39)40)30(43)15-24(16-32(45)46)27-14-25(11-22(5)34(27)37)33-20(3)12-26(36)13-21(33)4/h11-14,17-19,24,29H,8-10,15-16H2,1-7H3,(H,45,46)/t24-,29-/m0/s1. The van der Waals surface area contributed by atoms with Crippen molar-refractivity contribution < 1.29 is 36.6 Å². The highest BCUT2D eigenvalue weighted by atomic mass is 19.4. The molecule has 3 rings (SSSR count). The predicted octanol–water partition coefficient (Wildman–Crippen LogP) is 7.65. The average Bonchev–Trinajstić information content (AvgIpc) is 2.90. The monoisotopic (exact) mass is 648 g/mol. The molecule has 1 heterocycles. The van der Waals surface area contributed by atoms with Crippen LogP contribution < -0.4 is 5.56 Å². The van der Waals surface area contributed by atoms with E-state index < -0.39 is 65.5 Å². The Kier molecular flexibility index (Phi) is 11.7. The van der Waals surface area contributed by atoms with Crippen LogP contribution in [0.1, 0.15) is 78.5 Å². The van der Waals surface area contributed by atoms with Gasteiger partial charge < -0.3 is 14.6 Å². The van der Waals surface area contributed by atoms with E-state index in [1.165, 1.54) is 25.1 Å². The quantitative estimate of drug-likeness (QED) is 0.193. The van der Waals surface area contributed by atoms with Gasteiger partial charge in [-0.15, -0.1) is 0 Å². The molecule has 2 aromatic carbocycles. The summed E-state index contributed by atoms with van der Waals surface area (Å²) in [6.45, 7) is 8.75. The zero-order valence-electron chi connectivity index (χ0n) is 27.2. The van der Waals surface area contributed by atoms with Gasteiger partial charge in [-0.3, -0.25) is 14.4 Å². The van der Waals surface area contributed by atoms with Gasteiger partial charge in [0.25, 0.3) is 5.56 Å². The van der Waals surface area contributed by atoms with Crippen molar-refractivity contribution in [1.82, 2.24) is 9.47 Å². The number of pyridine rings is 1. The number of carboxylic acid groups (broad SMARTS) is 1. The van der Waals surface area contributed by atoms with Crippen LogP contribution in [0.4, 0.5) is 22.0 Å². The number of ketones is 1. The number of likely N-dealkylation sites (N-methyl/N-ethyl adjacent to an activating group) is 1. The molecule has 0 bridgehead atoms. The van der Waals surface area contributed by atoms with Crippen LogP contribution in [0.5, 0.6) is 0 Å². The first-order valence-corrected chi connectivity index (χ1v) is 15.1. The van der Waals surface area contributed by atoms with Crippen molar-refractivity contribution in [3.63, 3.8) is 0 Å². The van der Waals surface area contributed by atoms with Crippen LogP contribution in [0.15, 0.2) is 41.3 Å². The number of carbonyl (C=O) groups is 2. The van der Waals surface area contributed by atoms with Gasteiger partial charge in [-0.05, 0) is 117 Å². The Morgan fingerprint density at radius 2 is 1.54 bits per heavy atom. The molecule has 0 spiro atoms. The minimum absolute atomic E-state index is 0.0244. The highest BCUT2D eigenvalue weighted by molar-refractivity contribution is 5.84. The van der Waals surface area contributed by atoms with Crippen molar-refractivity contribution in [3.8, 4) is 11.1 Å². The second-order valence-corrected chi connectivity index (χ2v) is 12.7. The number of alkyl halides is 3. The summed E-state index contributed by atoms with van der Waals surface area (Å²) in [4.78, 5) is 40.8. The number of hydrogen-bond acceptors (Lipinski definition) is 4. The van der Waals surface area contributed by atoms with Crippen LogP contribution in [-0.2, 0) is 22.2 Å². The number of halogens is 5. The SMILES string of the molecule is Cc1cc(-c2c(C)cc(F)cc2C)cc([C@H](CC(=O)O)CC(=O)[C@H](CC(C)C)n2cc(CCN(C)C)c(C(F)(F)F)cc2=O)c1F. The van der Waals surface area contributed by atoms with Crippen LogP contribution in [0.25, 0.3) is 11.1 Å². The van der Waals surface area contributed by atoms with Crippen LogP contribution >= 0.6 is 0 Å². The number of aliphatic carboxylic acids is 1. The number of aromatic nitrogens is 1. The Labute approximate surface area is 265 Å². The van der Waals surface area contributed by atoms with Crippen LogP contribution in [0.2, 0.25) is 0 Å². The smallest absolute Gasteiger partial charge is 0.416 e. The fourth-order valence-corrected chi connectivity index (χ4v) is 5.98. The molecule has 0 saturated heterocycles. The van der Waals surface area contributed by atoms with E-state index in [2.05, 4.69) is 0 Å². The lowest BCUT2D eigenvalue weighted by Gasteiger charge is -2.26. The molecule has 250 valence electrons. The van der Waals surface area contributed by atoms with Gasteiger partial charge in [0.2, 0.25) is 0 Å². The Morgan fingerprint density at radius 3 is 2.07 bits per heavy atom. The van der Waals surface area contributed by atoms with Gasteiger partial charge in [0, 0.05) is 31.1 Å². The van der Waals surface area contributed by atoms with E-state index in [0.29, 0.717) is 28.3 Å². The maximum Gasteiger partial charge on any atom is 0.416 e. The van der Waals surface area contributed by atoms with Crippen LogP contribution in [-0.4, -0.2) is 47.0 Å². The molecule has 0 saturated carbocycles. The molecule has 0 aliphatic heterocycles. The molecule has 3 aromatic rings. The molecule has 0 fully saturated rings. The van der Waals surface area contributed by atoms with E-state index in [9.17, 15) is 37.1 Å². The van der Waals surface area contributed by atoms with Crippen LogP contribution in [0.3, 0.4) is 0 Å². The number of carbonyl (C=O) groups excluding carboxylic acids is 1. The molecule has 6 nitrogen and oxygen atoms in total. The molecular weight excluding hydrogens is 607 g/mol. The van der Waals surface area contributed by atoms with Crippen molar-refractivity contribution in [1.29, 1.82) is 0 Å². The van der Waals surface area contributed by atoms with E-state index in [1.807, 2.05) is 0 Å². The largest absolute Gasteiger partial charge is 0.481 e. The highest BCUT2D eigenvalue weighted by Crippen LogP contribution is 2.37. The Hall–Kier alpha value is -3.86. The maximum absolute atomic E-state index is 15.7. The molecule has 0 aliphatic rings. The number of hydrogen-bond donors (Lipinski definition) is 1. The number of carboxylic acids is 1. The van der Waals surface area contributed by atoms with E-state index >= 15 is 4.39 Å². The number of Topliss-reactive ketones (excluding diaryl/α,β-unsaturated/α-hetero) is 1. The fourth-order valence-electron chi connectivity index (χ4n) is 5.98. The minimum atomic E-state index is -4.79. The second kappa shape index (κ2) is 14.7. The topological polar surface area (TPSA) is 79.6 Å². The van der Waals surface area contributed by atoms with Gasteiger partial charge in [-0.2, -0.15) is 13.2 Å². The summed E-state index contributed by atoms with van der Waals surface area (Å²) < 4.78 is 72.5. The lowest BCUT2D eigenvalue weighted by molar-refractivity contribution is -0.139. The number of benzene rings is 2. The second-order valence-electron chi connectivity index (χ2n) is 12.7. The molecule has 46 heavy (non-hydrogen) atoms. The fraction of sp³-hybridized carbons (Fsp3) is 0.457. The van der Waals surface area contributed by atoms with E-state index in [0.717, 1.165) is 10.8 Å². The summed E-state index contributed by atoms with van der Waals surface area (Å²) in [6.07, 6.45) is -4.75. The summed E-state index contributed by atoms with van der Waals surface area (Å²) in [6, 6.07) is 5.01. The molecule has 2 atom stereocenters. The first-order valence-electron chi connectivity index (χ1n) is 15.1. The summed E-state index contributed by atoms with van der Waals surface area (Å²) in [7, 11) is 3.40. The van der Waals surface area contributed by atoms with Crippen molar-refractivity contribution >= 4 is 11.8 Å². The van der Waals surface area contributed by atoms with Crippen molar-refractivity contribution in [2.45, 2.75) is 78.4 Å². The molecular formula is C35H41F5N2O4. The van der Waals surface area contributed by atoms with Gasteiger partial charge in [0.05, 0.1) is 18.0 Å². The number of aryl methyl sites for hydroxylation is 3. The molecule has 1 N–H and O–H groups in total. The highest BCUT2D eigenvalue weighted by Gasteiger charge is 2.36. The number of rotatable bonds is 13. The van der Waals surface area contributed by atoms with Gasteiger partial charge >= 0.3 is 12.1 Å². The number of nitrogens with zero attached hydrogens (tertiary/aromatic N) is 2. The molecule has 0 amide bonds. The molecule has 0 aliphatic carbocycles. The lowest BCUT2D eigenvalue weighted by atomic mass is 9.84. The van der Waals surface area contributed by atoms with Crippen molar-refractivity contribution in [2.24, 2.45) is 5.92 Å². The van der Waals surface area contributed by atoms with Crippen LogP contribution in [0, 0.1) is 38.3 Å². The summed E-state index contributed by atoms with van der Waals surface area (Å²) in [5.41, 5.74) is 0.277. The minimum Gasteiger partial charge on any atom is -0.481 e. The molecule has 1 aromatic heterocycles. The van der Waals surface area contributed by atoms with Crippen molar-refractivity contribution in [2.75, 3.05) is 20.6 Å². The van der Waals surface area contributed by atoms with E-state index in [4.69, 9.17) is 0 Å². The van der Waals surface area contributed by atoms with E-state index in [1.54, 1.807) is 52.8 Å².